The van der Waals surface area contributed by atoms with E-state index in [4.69, 9.17) is 0 Å². The van der Waals surface area contributed by atoms with Gasteiger partial charge < -0.3 is 0 Å². The van der Waals surface area contributed by atoms with E-state index in [9.17, 15) is 4.39 Å². The Morgan fingerprint density at radius 1 is 1.45 bits per heavy atom. The lowest BCUT2D eigenvalue weighted by Gasteiger charge is -2.17. The predicted molar refractivity (Wildman–Crippen MR) is 50.7 cm³/mol. The third kappa shape index (κ3) is 1.82. The summed E-state index contributed by atoms with van der Waals surface area (Å²) in [6.45, 7) is 6.21. The van der Waals surface area contributed by atoms with Crippen LogP contribution in [-0.2, 0) is 5.41 Å². The standard InChI is InChI=1S/C8H10BrFS/c1-8(2,3)5-4-11-7(10)6(5)9/h4H,1-3H3. The Morgan fingerprint density at radius 3 is 2.18 bits per heavy atom. The first-order valence-electron chi connectivity index (χ1n) is 3.36. The summed E-state index contributed by atoms with van der Waals surface area (Å²) in [6, 6.07) is 0. The van der Waals surface area contributed by atoms with Crippen molar-refractivity contribution in [1.82, 2.24) is 0 Å². The van der Waals surface area contributed by atoms with Crippen LogP contribution in [0.3, 0.4) is 0 Å². The molecule has 1 aromatic heterocycles. The molecular weight excluding hydrogens is 227 g/mol. The smallest absolute Gasteiger partial charge is 0.190 e. The highest BCUT2D eigenvalue weighted by Gasteiger charge is 2.20. The highest BCUT2D eigenvalue weighted by Crippen LogP contribution is 2.35. The summed E-state index contributed by atoms with van der Waals surface area (Å²) in [4.78, 5) is 0. The fraction of sp³-hybridized carbons (Fsp3) is 0.500. The van der Waals surface area contributed by atoms with Gasteiger partial charge in [0, 0.05) is 0 Å². The topological polar surface area (TPSA) is 0 Å². The maximum absolute atomic E-state index is 12.8. The van der Waals surface area contributed by atoms with E-state index in [-0.39, 0.29) is 10.5 Å². The first kappa shape index (κ1) is 9.20. The van der Waals surface area contributed by atoms with Gasteiger partial charge in [0.15, 0.2) is 5.13 Å². The molecular formula is C8H10BrFS. The predicted octanol–water partition coefficient (Wildman–Crippen LogP) is 3.95. The second kappa shape index (κ2) is 2.87. The molecule has 1 rings (SSSR count). The van der Waals surface area contributed by atoms with Gasteiger partial charge in [0.1, 0.15) is 0 Å². The zero-order valence-electron chi connectivity index (χ0n) is 6.74. The van der Waals surface area contributed by atoms with E-state index in [0.717, 1.165) is 16.9 Å². The molecule has 0 fully saturated rings. The third-order valence-corrected chi connectivity index (χ3v) is 3.30. The number of halogens is 2. The van der Waals surface area contributed by atoms with Crippen LogP contribution < -0.4 is 0 Å². The van der Waals surface area contributed by atoms with Crippen LogP contribution in [0.5, 0.6) is 0 Å². The zero-order chi connectivity index (χ0) is 8.65. The fourth-order valence-corrected chi connectivity index (χ4v) is 2.87. The van der Waals surface area contributed by atoms with Crippen molar-refractivity contribution in [2.75, 3.05) is 0 Å². The summed E-state index contributed by atoms with van der Waals surface area (Å²) in [6.07, 6.45) is 0. The molecule has 11 heavy (non-hydrogen) atoms. The van der Waals surface area contributed by atoms with Crippen molar-refractivity contribution < 1.29 is 4.39 Å². The first-order valence-corrected chi connectivity index (χ1v) is 5.03. The Labute approximate surface area is 78.6 Å². The number of hydrogen-bond donors (Lipinski definition) is 0. The van der Waals surface area contributed by atoms with Gasteiger partial charge >= 0.3 is 0 Å². The summed E-state index contributed by atoms with van der Waals surface area (Å²) in [5.41, 5.74) is 1.07. The van der Waals surface area contributed by atoms with E-state index >= 15 is 0 Å². The minimum Gasteiger partial charge on any atom is -0.194 e. The van der Waals surface area contributed by atoms with Crippen LogP contribution in [0.4, 0.5) is 4.39 Å². The van der Waals surface area contributed by atoms with Gasteiger partial charge in [0.25, 0.3) is 0 Å². The normalized spacial score (nSPS) is 12.1. The maximum Gasteiger partial charge on any atom is 0.190 e. The van der Waals surface area contributed by atoms with Crippen LogP contribution >= 0.6 is 27.3 Å². The second-order valence-corrected chi connectivity index (χ2v) is 5.11. The summed E-state index contributed by atoms with van der Waals surface area (Å²) < 4.78 is 13.5. The second-order valence-electron chi connectivity index (χ2n) is 3.49. The minimum atomic E-state index is -0.130. The lowest BCUT2D eigenvalue weighted by atomic mass is 9.89. The van der Waals surface area contributed by atoms with Gasteiger partial charge in [0.05, 0.1) is 4.47 Å². The molecule has 3 heteroatoms. The Balaban J connectivity index is 3.15. The van der Waals surface area contributed by atoms with Crippen LogP contribution in [-0.4, -0.2) is 0 Å². The molecule has 62 valence electrons. The molecule has 0 saturated heterocycles. The molecule has 1 heterocycles. The van der Waals surface area contributed by atoms with E-state index in [1.165, 1.54) is 0 Å². The van der Waals surface area contributed by atoms with Crippen molar-refractivity contribution in [3.05, 3.63) is 20.5 Å². The molecule has 0 aliphatic carbocycles. The van der Waals surface area contributed by atoms with E-state index in [0.29, 0.717) is 4.47 Å². The van der Waals surface area contributed by atoms with Crippen molar-refractivity contribution in [2.45, 2.75) is 26.2 Å². The van der Waals surface area contributed by atoms with Crippen molar-refractivity contribution in [2.24, 2.45) is 0 Å². The maximum atomic E-state index is 12.8. The molecule has 0 radical (unpaired) electrons. The molecule has 0 atom stereocenters. The lowest BCUT2D eigenvalue weighted by molar-refractivity contribution is 0.579. The van der Waals surface area contributed by atoms with Crippen LogP contribution in [0.15, 0.2) is 9.85 Å². The fourth-order valence-electron chi connectivity index (χ4n) is 0.826. The Bertz CT molecular complexity index is 260. The molecule has 0 nitrogen and oxygen atoms in total. The van der Waals surface area contributed by atoms with Gasteiger partial charge in [-0.15, -0.1) is 11.3 Å². The van der Waals surface area contributed by atoms with Crippen molar-refractivity contribution in [3.63, 3.8) is 0 Å². The van der Waals surface area contributed by atoms with Gasteiger partial charge in [-0.3, -0.25) is 0 Å². The summed E-state index contributed by atoms with van der Waals surface area (Å²) in [7, 11) is 0. The van der Waals surface area contributed by atoms with Crippen LogP contribution in [0, 0.1) is 5.13 Å². The van der Waals surface area contributed by atoms with Crippen molar-refractivity contribution >= 4 is 27.3 Å². The molecule has 0 saturated carbocycles. The largest absolute Gasteiger partial charge is 0.194 e. The average Bonchev–Trinajstić information content (AvgIpc) is 2.11. The summed E-state index contributed by atoms with van der Waals surface area (Å²) >= 11 is 4.37. The molecule has 0 unspecified atom stereocenters. The van der Waals surface area contributed by atoms with Crippen molar-refractivity contribution in [3.8, 4) is 0 Å². The first-order chi connectivity index (χ1) is 4.93. The van der Waals surface area contributed by atoms with Crippen LogP contribution in [0.2, 0.25) is 0 Å². The third-order valence-electron chi connectivity index (χ3n) is 1.50. The molecule has 0 spiro atoms. The van der Waals surface area contributed by atoms with E-state index in [1.807, 2.05) is 5.38 Å². The molecule has 0 aromatic carbocycles. The van der Waals surface area contributed by atoms with Crippen LogP contribution in [0.25, 0.3) is 0 Å². The van der Waals surface area contributed by atoms with Gasteiger partial charge in [-0.1, -0.05) is 20.8 Å². The van der Waals surface area contributed by atoms with Gasteiger partial charge in [-0.25, -0.2) is 0 Å². The molecule has 0 aliphatic heterocycles. The quantitative estimate of drug-likeness (QED) is 0.640. The zero-order valence-corrected chi connectivity index (χ0v) is 9.14. The van der Waals surface area contributed by atoms with Crippen LogP contribution in [0.1, 0.15) is 26.3 Å². The highest BCUT2D eigenvalue weighted by molar-refractivity contribution is 9.10. The number of rotatable bonds is 0. The highest BCUT2D eigenvalue weighted by atomic mass is 79.9. The van der Waals surface area contributed by atoms with Gasteiger partial charge in [0.2, 0.25) is 0 Å². The van der Waals surface area contributed by atoms with E-state index < -0.39 is 0 Å². The number of hydrogen-bond acceptors (Lipinski definition) is 1. The number of thiophene rings is 1. The van der Waals surface area contributed by atoms with E-state index in [2.05, 4.69) is 36.7 Å². The molecule has 1 aromatic rings. The monoisotopic (exact) mass is 236 g/mol. The van der Waals surface area contributed by atoms with E-state index in [1.54, 1.807) is 0 Å². The Hall–Kier alpha value is 0.110. The lowest BCUT2D eigenvalue weighted by Crippen LogP contribution is -2.10. The minimum absolute atomic E-state index is 0.0275. The average molecular weight is 237 g/mol. The Morgan fingerprint density at radius 2 is 2.00 bits per heavy atom. The summed E-state index contributed by atoms with van der Waals surface area (Å²) in [5.74, 6) is 0. The molecule has 0 N–H and O–H groups in total. The molecule has 0 amide bonds. The molecule has 0 bridgehead atoms. The Kier molecular flexibility index (Phi) is 2.40. The van der Waals surface area contributed by atoms with Gasteiger partial charge in [-0.05, 0) is 32.3 Å². The summed E-state index contributed by atoms with van der Waals surface area (Å²) in [5, 5.41) is 1.73. The van der Waals surface area contributed by atoms with Gasteiger partial charge in [-0.2, -0.15) is 4.39 Å². The molecule has 0 aliphatic rings. The SMILES string of the molecule is CC(C)(C)c1csc(F)c1Br. The van der Waals surface area contributed by atoms with Crippen molar-refractivity contribution in [1.29, 1.82) is 0 Å².